The van der Waals surface area contributed by atoms with E-state index in [1.54, 1.807) is 0 Å². The van der Waals surface area contributed by atoms with Crippen LogP contribution in [0.4, 0.5) is 0 Å². The summed E-state index contributed by atoms with van der Waals surface area (Å²) >= 11 is 0. The van der Waals surface area contributed by atoms with Gasteiger partial charge in [-0.3, -0.25) is 4.79 Å². The molecule has 0 fully saturated rings. The summed E-state index contributed by atoms with van der Waals surface area (Å²) in [7, 11) is 0. The average Bonchev–Trinajstić information content (AvgIpc) is 3.15. The molecule has 0 aliphatic carbocycles. The highest BCUT2D eigenvalue weighted by Crippen LogP contribution is 2.39. The van der Waals surface area contributed by atoms with Crippen LogP contribution in [0.15, 0.2) is 48.6 Å². The van der Waals surface area contributed by atoms with Crippen LogP contribution in [0, 0.1) is 5.41 Å². The summed E-state index contributed by atoms with van der Waals surface area (Å²) in [4.78, 5) is 14.2. The third kappa shape index (κ3) is 34.2. The smallest absolute Gasteiger partial charge is 0.312 e. The van der Waals surface area contributed by atoms with E-state index in [2.05, 4.69) is 76.3 Å². The molecule has 52 heavy (non-hydrogen) atoms. The van der Waals surface area contributed by atoms with Crippen LogP contribution in [-0.4, -0.2) is 12.6 Å². The molecule has 304 valence electrons. The van der Waals surface area contributed by atoms with Gasteiger partial charge in [0.2, 0.25) is 0 Å². The molecule has 0 aliphatic rings. The van der Waals surface area contributed by atoms with Gasteiger partial charge in [0.15, 0.2) is 0 Å². The summed E-state index contributed by atoms with van der Waals surface area (Å²) in [6, 6.07) is 0. The first-order chi connectivity index (χ1) is 25.7. The molecule has 0 aliphatic heterocycles. The minimum atomic E-state index is -0.271. The molecule has 0 rings (SSSR count). The molecule has 0 N–H and O–H groups in total. The van der Waals surface area contributed by atoms with Crippen LogP contribution in [0.25, 0.3) is 0 Å². The Kier molecular flexibility index (Phi) is 40.9. The van der Waals surface area contributed by atoms with Crippen molar-refractivity contribution >= 4 is 5.97 Å². The van der Waals surface area contributed by atoms with Gasteiger partial charge in [-0.1, -0.05) is 198 Å². The summed E-state index contributed by atoms with van der Waals surface area (Å²) in [5, 5.41) is 0. The molecule has 0 amide bonds. The van der Waals surface area contributed by atoms with Crippen molar-refractivity contribution in [1.82, 2.24) is 0 Å². The Morgan fingerprint density at radius 2 is 0.596 bits per heavy atom. The van der Waals surface area contributed by atoms with Crippen LogP contribution in [0.1, 0.15) is 252 Å². The number of unbranched alkanes of at least 4 members (excludes halogenated alkanes) is 24. The number of allylic oxidation sites excluding steroid dienone is 8. The van der Waals surface area contributed by atoms with Gasteiger partial charge in [-0.25, -0.2) is 0 Å². The summed E-state index contributed by atoms with van der Waals surface area (Å²) < 4.78 is 6.24. The topological polar surface area (TPSA) is 26.3 Å². The third-order valence-electron chi connectivity index (χ3n) is 10.9. The van der Waals surface area contributed by atoms with Gasteiger partial charge in [-0.05, 0) is 103 Å². The zero-order valence-electron chi connectivity index (χ0n) is 35.9. The van der Waals surface area contributed by atoms with Crippen LogP contribution < -0.4 is 0 Å². The lowest BCUT2D eigenvalue weighted by Crippen LogP contribution is -2.34. The molecule has 0 aromatic rings. The number of ether oxygens (including phenoxy) is 1. The minimum absolute atomic E-state index is 0.156. The first kappa shape index (κ1) is 50.4. The van der Waals surface area contributed by atoms with Gasteiger partial charge in [0.1, 0.15) is 0 Å². The third-order valence-corrected chi connectivity index (χ3v) is 10.9. The van der Waals surface area contributed by atoms with E-state index in [1.807, 2.05) is 0 Å². The van der Waals surface area contributed by atoms with Crippen LogP contribution >= 0.6 is 0 Å². The van der Waals surface area contributed by atoms with Gasteiger partial charge < -0.3 is 4.74 Å². The predicted molar refractivity (Wildman–Crippen MR) is 234 cm³/mol. The average molecular weight is 725 g/mol. The van der Waals surface area contributed by atoms with E-state index in [1.165, 1.54) is 173 Å². The Morgan fingerprint density at radius 3 is 0.885 bits per heavy atom. The Bertz CT molecular complexity index is 759. The van der Waals surface area contributed by atoms with Gasteiger partial charge in [0.25, 0.3) is 0 Å². The highest BCUT2D eigenvalue weighted by Gasteiger charge is 2.38. The monoisotopic (exact) mass is 725 g/mol. The second-order valence-electron chi connectivity index (χ2n) is 15.8. The summed E-state index contributed by atoms with van der Waals surface area (Å²) in [6.45, 7) is 9.46. The van der Waals surface area contributed by atoms with Gasteiger partial charge >= 0.3 is 5.97 Å². The number of esters is 1. The Morgan fingerprint density at radius 1 is 0.346 bits per heavy atom. The molecule has 0 radical (unpaired) electrons. The van der Waals surface area contributed by atoms with Crippen molar-refractivity contribution in [2.24, 2.45) is 5.41 Å². The number of carbonyl (C=O) groups is 1. The van der Waals surface area contributed by atoms with Crippen LogP contribution in [0.2, 0.25) is 0 Å². The standard InChI is InChI=1S/C50H92O2/c1-5-9-13-17-21-25-29-33-37-41-45-50(46-42-38-34-30-26-22-18-14-10-6-2,47-43-39-35-31-27-23-19-15-11-7-3)49(51)52-48-44-40-36-32-28-24-20-16-12-8-4/h9-16H,5-8,17-48H2,1-4H3/b13-9-,14-10-,15-11-,16-12-. The van der Waals surface area contributed by atoms with Gasteiger partial charge in [0.05, 0.1) is 12.0 Å². The van der Waals surface area contributed by atoms with Crippen LogP contribution in [0.5, 0.6) is 0 Å². The molecule has 0 heterocycles. The van der Waals surface area contributed by atoms with E-state index in [0.29, 0.717) is 6.61 Å². The minimum Gasteiger partial charge on any atom is -0.465 e. The molecular formula is C50H92O2. The first-order valence-electron chi connectivity index (χ1n) is 23.4. The summed E-state index contributed by atoms with van der Waals surface area (Å²) in [6.07, 6.45) is 61.7. The van der Waals surface area contributed by atoms with Crippen molar-refractivity contribution in [2.45, 2.75) is 252 Å². The largest absolute Gasteiger partial charge is 0.465 e. The second-order valence-corrected chi connectivity index (χ2v) is 15.8. The molecule has 0 aromatic carbocycles. The zero-order chi connectivity index (χ0) is 37.9. The Labute approximate surface area is 327 Å². The highest BCUT2D eigenvalue weighted by molar-refractivity contribution is 5.76. The fraction of sp³-hybridized carbons (Fsp3) is 0.820. The lowest BCUT2D eigenvalue weighted by atomic mass is 9.74. The lowest BCUT2D eigenvalue weighted by molar-refractivity contribution is -0.158. The van der Waals surface area contributed by atoms with E-state index in [-0.39, 0.29) is 11.4 Å². The molecule has 0 saturated heterocycles. The van der Waals surface area contributed by atoms with Crippen molar-refractivity contribution in [3.63, 3.8) is 0 Å². The fourth-order valence-electron chi connectivity index (χ4n) is 7.51. The number of carbonyl (C=O) groups excluding carboxylic acids is 1. The van der Waals surface area contributed by atoms with E-state index in [0.717, 1.165) is 51.4 Å². The maximum Gasteiger partial charge on any atom is 0.312 e. The van der Waals surface area contributed by atoms with Crippen molar-refractivity contribution in [2.75, 3.05) is 6.61 Å². The molecular weight excluding hydrogens is 633 g/mol. The van der Waals surface area contributed by atoms with Gasteiger partial charge in [0, 0.05) is 0 Å². The lowest BCUT2D eigenvalue weighted by Gasteiger charge is -2.32. The SMILES string of the molecule is CC/C=C\CCCCCCCCOC(=O)C(CCCCCCCC/C=C\CC)(CCCCCCCC/C=C\CC)CCCCCCCC/C=C\CC. The Balaban J connectivity index is 5.13. The molecule has 0 spiro atoms. The second kappa shape index (κ2) is 42.2. The van der Waals surface area contributed by atoms with Crippen molar-refractivity contribution in [1.29, 1.82) is 0 Å². The van der Waals surface area contributed by atoms with Gasteiger partial charge in [-0.15, -0.1) is 0 Å². The Hall–Kier alpha value is -1.57. The maximum absolute atomic E-state index is 14.2. The predicted octanol–water partition coefficient (Wildman–Crippen LogP) is 17.5. The highest BCUT2D eigenvalue weighted by atomic mass is 16.5. The fourth-order valence-corrected chi connectivity index (χ4v) is 7.51. The summed E-state index contributed by atoms with van der Waals surface area (Å²) in [5.41, 5.74) is -0.271. The maximum atomic E-state index is 14.2. The van der Waals surface area contributed by atoms with Crippen molar-refractivity contribution < 1.29 is 9.53 Å². The number of rotatable bonds is 41. The quantitative estimate of drug-likeness (QED) is 0.0356. The molecule has 2 nitrogen and oxygen atoms in total. The van der Waals surface area contributed by atoms with E-state index < -0.39 is 0 Å². The van der Waals surface area contributed by atoms with Crippen LogP contribution in [-0.2, 0) is 9.53 Å². The van der Waals surface area contributed by atoms with Crippen molar-refractivity contribution in [3.05, 3.63) is 48.6 Å². The first-order valence-corrected chi connectivity index (χ1v) is 23.4. The normalized spacial score (nSPS) is 12.5. The van der Waals surface area contributed by atoms with E-state index >= 15 is 0 Å². The zero-order valence-corrected chi connectivity index (χ0v) is 35.9. The van der Waals surface area contributed by atoms with E-state index in [9.17, 15) is 4.79 Å². The molecule has 0 saturated carbocycles. The molecule has 0 unspecified atom stereocenters. The van der Waals surface area contributed by atoms with Crippen molar-refractivity contribution in [3.8, 4) is 0 Å². The van der Waals surface area contributed by atoms with Gasteiger partial charge in [-0.2, -0.15) is 0 Å². The number of hydrogen-bond acceptors (Lipinski definition) is 2. The molecule has 0 atom stereocenters. The molecule has 0 aromatic heterocycles. The van der Waals surface area contributed by atoms with Crippen LogP contribution in [0.3, 0.4) is 0 Å². The summed E-state index contributed by atoms with van der Waals surface area (Å²) in [5.74, 6) is 0.156. The molecule has 0 bridgehead atoms. The number of hydrogen-bond donors (Lipinski definition) is 0. The van der Waals surface area contributed by atoms with E-state index in [4.69, 9.17) is 4.74 Å². The molecule has 2 heteroatoms.